The molecule has 4 rings (SSSR count). The van der Waals surface area contributed by atoms with Crippen molar-refractivity contribution < 1.29 is 4.79 Å². The van der Waals surface area contributed by atoms with E-state index >= 15 is 0 Å². The molecule has 162 valence electrons. The average Bonchev–Trinajstić information content (AvgIpc) is 3.34. The van der Waals surface area contributed by atoms with Crippen LogP contribution in [0.2, 0.25) is 0 Å². The number of hydrogen-bond donors (Lipinski definition) is 1. The highest BCUT2D eigenvalue weighted by Gasteiger charge is 2.25. The molecule has 1 fully saturated rings. The summed E-state index contributed by atoms with van der Waals surface area (Å²) in [7, 11) is 4.16. The van der Waals surface area contributed by atoms with Crippen LogP contribution in [0.1, 0.15) is 17.8 Å². The molecule has 4 heterocycles. The smallest absolute Gasteiger partial charge is 0.239 e. The molecule has 0 spiro atoms. The van der Waals surface area contributed by atoms with E-state index in [9.17, 15) is 4.79 Å². The molecule has 3 aromatic heterocycles. The summed E-state index contributed by atoms with van der Waals surface area (Å²) in [5.41, 5.74) is 2.48. The van der Waals surface area contributed by atoms with Crippen molar-refractivity contribution in [1.82, 2.24) is 34.5 Å². The van der Waals surface area contributed by atoms with Gasteiger partial charge in [-0.1, -0.05) is 6.07 Å². The molecule has 0 aromatic carbocycles. The zero-order valence-electron chi connectivity index (χ0n) is 18.4. The maximum atomic E-state index is 12.7. The van der Waals surface area contributed by atoms with Gasteiger partial charge in [-0.15, -0.1) is 0 Å². The Morgan fingerprint density at radius 3 is 2.71 bits per heavy atom. The highest BCUT2D eigenvalue weighted by molar-refractivity contribution is 5.91. The zero-order valence-corrected chi connectivity index (χ0v) is 18.4. The van der Waals surface area contributed by atoms with Crippen LogP contribution in [-0.4, -0.2) is 80.2 Å². The third-order valence-electron chi connectivity index (χ3n) is 5.45. The Bertz CT molecular complexity index is 1060. The molecule has 9 heteroatoms. The predicted octanol–water partition coefficient (Wildman–Crippen LogP) is 1.92. The lowest BCUT2D eigenvalue weighted by Gasteiger charge is -2.20. The van der Waals surface area contributed by atoms with Crippen molar-refractivity contribution in [2.45, 2.75) is 26.3 Å². The van der Waals surface area contributed by atoms with E-state index in [0.29, 0.717) is 35.7 Å². The number of aryl methyl sites for hydroxylation is 2. The standard InChI is InChI=1S/C22H28N8O/c1-15-11-16(2)30(27-15)20-12-19(25-22(26-20)18-7-5-6-9-23-18)24-21(31)14-29-10-8-17(13-29)28(3)4/h5-7,9,11-12,17H,8,10,13-14H2,1-4H3,(H,24,25,26,31)/t17-/m0/s1. The molecule has 0 saturated carbocycles. The molecular weight excluding hydrogens is 392 g/mol. The number of likely N-dealkylation sites (tertiary alicyclic amines) is 1. The average molecular weight is 421 g/mol. The van der Waals surface area contributed by atoms with Gasteiger partial charge in [0, 0.05) is 37.1 Å². The predicted molar refractivity (Wildman–Crippen MR) is 119 cm³/mol. The molecule has 1 aliphatic heterocycles. The number of nitrogens with zero attached hydrogens (tertiary/aromatic N) is 7. The van der Waals surface area contributed by atoms with Gasteiger partial charge in [-0.25, -0.2) is 14.6 Å². The summed E-state index contributed by atoms with van der Waals surface area (Å²) in [6.07, 6.45) is 2.77. The lowest BCUT2D eigenvalue weighted by molar-refractivity contribution is -0.117. The van der Waals surface area contributed by atoms with Gasteiger partial charge in [0.15, 0.2) is 11.6 Å². The molecule has 1 amide bonds. The van der Waals surface area contributed by atoms with Gasteiger partial charge < -0.3 is 10.2 Å². The number of pyridine rings is 1. The van der Waals surface area contributed by atoms with Crippen LogP contribution < -0.4 is 5.32 Å². The Kier molecular flexibility index (Phi) is 6.06. The van der Waals surface area contributed by atoms with Crippen LogP contribution in [-0.2, 0) is 4.79 Å². The molecule has 0 unspecified atom stereocenters. The SMILES string of the molecule is Cc1cc(C)n(-c2cc(NC(=O)CN3CC[C@H](N(C)C)C3)nc(-c3ccccn3)n2)n1. The summed E-state index contributed by atoms with van der Waals surface area (Å²) in [6, 6.07) is 9.78. The largest absolute Gasteiger partial charge is 0.309 e. The molecule has 0 radical (unpaired) electrons. The van der Waals surface area contributed by atoms with Crippen molar-refractivity contribution in [1.29, 1.82) is 0 Å². The summed E-state index contributed by atoms with van der Waals surface area (Å²) in [6.45, 7) is 6.04. The monoisotopic (exact) mass is 420 g/mol. The molecule has 9 nitrogen and oxygen atoms in total. The number of aromatic nitrogens is 5. The topological polar surface area (TPSA) is 92.1 Å². The van der Waals surface area contributed by atoms with E-state index in [4.69, 9.17) is 0 Å². The molecule has 0 bridgehead atoms. The second kappa shape index (κ2) is 8.91. The van der Waals surface area contributed by atoms with Crippen LogP contribution >= 0.6 is 0 Å². The lowest BCUT2D eigenvalue weighted by atomic mass is 10.2. The number of rotatable bonds is 6. The zero-order chi connectivity index (χ0) is 22.0. The minimum Gasteiger partial charge on any atom is -0.309 e. The Balaban J connectivity index is 1.58. The van der Waals surface area contributed by atoms with E-state index in [1.165, 1.54) is 0 Å². The van der Waals surface area contributed by atoms with Crippen LogP contribution in [0, 0.1) is 13.8 Å². The number of nitrogens with one attached hydrogen (secondary N) is 1. The fourth-order valence-corrected chi connectivity index (χ4v) is 3.84. The summed E-state index contributed by atoms with van der Waals surface area (Å²) >= 11 is 0. The maximum Gasteiger partial charge on any atom is 0.239 e. The number of anilines is 1. The Morgan fingerprint density at radius 2 is 2.06 bits per heavy atom. The lowest BCUT2D eigenvalue weighted by Crippen LogP contribution is -2.35. The molecule has 3 aromatic rings. The molecule has 0 aliphatic carbocycles. The minimum atomic E-state index is -0.0932. The molecule has 31 heavy (non-hydrogen) atoms. The minimum absolute atomic E-state index is 0.0932. The van der Waals surface area contributed by atoms with Gasteiger partial charge in [0.25, 0.3) is 0 Å². The van der Waals surface area contributed by atoms with Gasteiger partial charge in [0.1, 0.15) is 11.5 Å². The number of likely N-dealkylation sites (N-methyl/N-ethyl adjacent to an activating group) is 1. The second-order valence-corrected chi connectivity index (χ2v) is 8.18. The fourth-order valence-electron chi connectivity index (χ4n) is 3.84. The van der Waals surface area contributed by atoms with Gasteiger partial charge in [-0.2, -0.15) is 5.10 Å². The molecule has 1 atom stereocenters. The quantitative estimate of drug-likeness (QED) is 0.651. The normalized spacial score (nSPS) is 16.7. The van der Waals surface area contributed by atoms with Crippen molar-refractivity contribution >= 4 is 11.7 Å². The summed E-state index contributed by atoms with van der Waals surface area (Å²) in [5, 5.41) is 7.47. The van der Waals surface area contributed by atoms with Gasteiger partial charge in [0.05, 0.1) is 12.2 Å². The highest BCUT2D eigenvalue weighted by Crippen LogP contribution is 2.20. The van der Waals surface area contributed by atoms with E-state index in [-0.39, 0.29) is 5.91 Å². The van der Waals surface area contributed by atoms with Crippen molar-refractivity contribution in [3.05, 3.63) is 47.9 Å². The Morgan fingerprint density at radius 1 is 1.23 bits per heavy atom. The van der Waals surface area contributed by atoms with Crippen molar-refractivity contribution in [3.8, 4) is 17.3 Å². The number of carbonyl (C=O) groups is 1. The third-order valence-corrected chi connectivity index (χ3v) is 5.45. The van der Waals surface area contributed by atoms with Crippen molar-refractivity contribution in [3.63, 3.8) is 0 Å². The first-order valence-electron chi connectivity index (χ1n) is 10.4. The van der Waals surface area contributed by atoms with E-state index in [1.54, 1.807) is 16.9 Å². The van der Waals surface area contributed by atoms with Gasteiger partial charge >= 0.3 is 0 Å². The molecular formula is C22H28N8O. The van der Waals surface area contributed by atoms with E-state index in [1.807, 2.05) is 38.1 Å². The summed E-state index contributed by atoms with van der Waals surface area (Å²) in [5.74, 6) is 1.37. The Labute approximate surface area is 182 Å². The van der Waals surface area contributed by atoms with Crippen LogP contribution in [0.25, 0.3) is 17.3 Å². The first-order chi connectivity index (χ1) is 14.9. The summed E-state index contributed by atoms with van der Waals surface area (Å²) < 4.78 is 1.75. The highest BCUT2D eigenvalue weighted by atomic mass is 16.2. The van der Waals surface area contributed by atoms with Gasteiger partial charge in [0.2, 0.25) is 5.91 Å². The molecule has 1 N–H and O–H groups in total. The van der Waals surface area contributed by atoms with Gasteiger partial charge in [-0.05, 0) is 52.6 Å². The van der Waals surface area contributed by atoms with Gasteiger partial charge in [-0.3, -0.25) is 14.7 Å². The van der Waals surface area contributed by atoms with Crippen molar-refractivity contribution in [2.75, 3.05) is 39.0 Å². The van der Waals surface area contributed by atoms with E-state index < -0.39 is 0 Å². The summed E-state index contributed by atoms with van der Waals surface area (Å²) in [4.78, 5) is 30.7. The Hall–Kier alpha value is -3.17. The second-order valence-electron chi connectivity index (χ2n) is 8.18. The first-order valence-corrected chi connectivity index (χ1v) is 10.4. The van der Waals surface area contributed by atoms with Crippen molar-refractivity contribution in [2.24, 2.45) is 0 Å². The fraction of sp³-hybridized carbons (Fsp3) is 0.409. The van der Waals surface area contributed by atoms with Crippen LogP contribution in [0.5, 0.6) is 0 Å². The van der Waals surface area contributed by atoms with Crippen LogP contribution in [0.3, 0.4) is 0 Å². The van der Waals surface area contributed by atoms with E-state index in [0.717, 1.165) is 30.9 Å². The number of amides is 1. The first kappa shape index (κ1) is 21.1. The van der Waals surface area contributed by atoms with E-state index in [2.05, 4.69) is 49.3 Å². The maximum absolute atomic E-state index is 12.7. The third kappa shape index (κ3) is 4.95. The number of carbonyl (C=O) groups excluding carboxylic acids is 1. The molecule has 1 aliphatic rings. The number of hydrogen-bond acceptors (Lipinski definition) is 7. The van der Waals surface area contributed by atoms with Crippen LogP contribution in [0.4, 0.5) is 5.82 Å². The van der Waals surface area contributed by atoms with Crippen LogP contribution in [0.15, 0.2) is 36.5 Å². The molecule has 1 saturated heterocycles.